The van der Waals surface area contributed by atoms with E-state index in [1.165, 1.54) is 12.7 Å². The van der Waals surface area contributed by atoms with Crippen LogP contribution in [-0.4, -0.2) is 20.5 Å². The first-order valence-corrected chi connectivity index (χ1v) is 4.75. The highest BCUT2D eigenvalue weighted by molar-refractivity contribution is 6.30. The Hall–Kier alpha value is -1.68. The zero-order valence-corrected chi connectivity index (χ0v) is 8.55. The minimum atomic E-state index is 0.00599. The standard InChI is InChI=1S/C10H8ClN3O/c11-9-3-1-8(2-4-9)10(15)5-14-6-12-13-7-14/h1-4,6-7H,5H2. The molecule has 76 valence electrons. The fourth-order valence-electron chi connectivity index (χ4n) is 1.20. The van der Waals surface area contributed by atoms with Crippen molar-refractivity contribution >= 4 is 17.4 Å². The Bertz CT molecular complexity index is 450. The van der Waals surface area contributed by atoms with Crippen molar-refractivity contribution in [2.45, 2.75) is 6.54 Å². The topological polar surface area (TPSA) is 47.8 Å². The summed E-state index contributed by atoms with van der Waals surface area (Å²) in [6.07, 6.45) is 3.02. The van der Waals surface area contributed by atoms with E-state index in [1.54, 1.807) is 28.8 Å². The van der Waals surface area contributed by atoms with Crippen molar-refractivity contribution in [2.24, 2.45) is 0 Å². The van der Waals surface area contributed by atoms with Gasteiger partial charge in [0.05, 0.1) is 6.54 Å². The molecule has 1 aromatic heterocycles. The first kappa shape index (κ1) is 9.86. The molecule has 0 atom stereocenters. The molecule has 0 fully saturated rings. The van der Waals surface area contributed by atoms with Gasteiger partial charge >= 0.3 is 0 Å². The maximum atomic E-state index is 11.7. The van der Waals surface area contributed by atoms with Crippen LogP contribution in [0.15, 0.2) is 36.9 Å². The van der Waals surface area contributed by atoms with Gasteiger partial charge in [0.15, 0.2) is 5.78 Å². The average Bonchev–Trinajstić information content (AvgIpc) is 2.71. The van der Waals surface area contributed by atoms with E-state index in [9.17, 15) is 4.79 Å². The summed E-state index contributed by atoms with van der Waals surface area (Å²) in [4.78, 5) is 11.7. The number of carbonyl (C=O) groups excluding carboxylic acids is 1. The lowest BCUT2D eigenvalue weighted by Crippen LogP contribution is -2.08. The summed E-state index contributed by atoms with van der Waals surface area (Å²) in [5.74, 6) is 0.00599. The first-order chi connectivity index (χ1) is 7.25. The van der Waals surface area contributed by atoms with Crippen molar-refractivity contribution in [1.82, 2.24) is 14.8 Å². The summed E-state index contributed by atoms with van der Waals surface area (Å²) >= 11 is 5.72. The summed E-state index contributed by atoms with van der Waals surface area (Å²) < 4.78 is 1.62. The Balaban J connectivity index is 2.11. The SMILES string of the molecule is O=C(Cn1cnnc1)c1ccc(Cl)cc1. The molecule has 0 saturated heterocycles. The molecule has 0 aliphatic heterocycles. The van der Waals surface area contributed by atoms with E-state index in [-0.39, 0.29) is 12.3 Å². The van der Waals surface area contributed by atoms with Crippen molar-refractivity contribution in [3.05, 3.63) is 47.5 Å². The molecule has 4 nitrogen and oxygen atoms in total. The van der Waals surface area contributed by atoms with Crippen LogP contribution in [-0.2, 0) is 6.54 Å². The van der Waals surface area contributed by atoms with Gasteiger partial charge in [0.1, 0.15) is 12.7 Å². The monoisotopic (exact) mass is 221 g/mol. The van der Waals surface area contributed by atoms with E-state index in [2.05, 4.69) is 10.2 Å². The number of rotatable bonds is 3. The predicted octanol–water partition coefficient (Wildman–Crippen LogP) is 1.81. The minimum absolute atomic E-state index is 0.00599. The van der Waals surface area contributed by atoms with Crippen molar-refractivity contribution in [2.75, 3.05) is 0 Å². The number of nitrogens with zero attached hydrogens (tertiary/aromatic N) is 3. The molecular formula is C10H8ClN3O. The van der Waals surface area contributed by atoms with Gasteiger partial charge < -0.3 is 4.57 Å². The quantitative estimate of drug-likeness (QED) is 0.743. The smallest absolute Gasteiger partial charge is 0.182 e. The average molecular weight is 222 g/mol. The van der Waals surface area contributed by atoms with Gasteiger partial charge in [-0.15, -0.1) is 10.2 Å². The number of hydrogen-bond acceptors (Lipinski definition) is 3. The molecule has 0 radical (unpaired) electrons. The van der Waals surface area contributed by atoms with Gasteiger partial charge in [-0.25, -0.2) is 0 Å². The van der Waals surface area contributed by atoms with Crippen LogP contribution in [0.25, 0.3) is 0 Å². The molecule has 2 rings (SSSR count). The summed E-state index contributed by atoms with van der Waals surface area (Å²) in [5, 5.41) is 7.87. The number of ketones is 1. The summed E-state index contributed by atoms with van der Waals surface area (Å²) in [6, 6.07) is 6.80. The molecular weight excluding hydrogens is 214 g/mol. The number of halogens is 1. The Kier molecular flexibility index (Phi) is 2.78. The molecule has 1 aromatic carbocycles. The van der Waals surface area contributed by atoms with Gasteiger partial charge in [-0.3, -0.25) is 4.79 Å². The highest BCUT2D eigenvalue weighted by Gasteiger charge is 2.05. The van der Waals surface area contributed by atoms with E-state index in [0.717, 1.165) is 0 Å². The number of Topliss-reactive ketones (excluding diaryl/α,β-unsaturated/α-hetero) is 1. The zero-order valence-electron chi connectivity index (χ0n) is 7.80. The number of benzene rings is 1. The molecule has 2 aromatic rings. The normalized spacial score (nSPS) is 10.2. The van der Waals surface area contributed by atoms with Crippen LogP contribution in [0, 0.1) is 0 Å². The van der Waals surface area contributed by atoms with Crippen molar-refractivity contribution in [3.63, 3.8) is 0 Å². The number of hydrogen-bond donors (Lipinski definition) is 0. The molecule has 0 saturated carbocycles. The van der Waals surface area contributed by atoms with Gasteiger partial charge in [0.25, 0.3) is 0 Å². The van der Waals surface area contributed by atoms with Gasteiger partial charge in [-0.2, -0.15) is 0 Å². The fraction of sp³-hybridized carbons (Fsp3) is 0.100. The minimum Gasteiger partial charge on any atom is -0.312 e. The van der Waals surface area contributed by atoms with E-state index in [1.807, 2.05) is 0 Å². The molecule has 0 aliphatic carbocycles. The third-order valence-electron chi connectivity index (χ3n) is 1.96. The number of aromatic nitrogens is 3. The summed E-state index contributed by atoms with van der Waals surface area (Å²) in [7, 11) is 0. The van der Waals surface area contributed by atoms with E-state index in [4.69, 9.17) is 11.6 Å². The Morgan fingerprint density at radius 3 is 2.40 bits per heavy atom. The van der Waals surface area contributed by atoms with Gasteiger partial charge in [-0.1, -0.05) is 11.6 Å². The molecule has 0 aliphatic rings. The Labute approximate surface area is 91.5 Å². The lowest BCUT2D eigenvalue weighted by Gasteiger charge is -2.00. The maximum absolute atomic E-state index is 11.7. The third kappa shape index (κ3) is 2.41. The van der Waals surface area contributed by atoms with Gasteiger partial charge in [0.2, 0.25) is 0 Å². The molecule has 0 N–H and O–H groups in total. The van der Waals surface area contributed by atoms with Crippen LogP contribution in [0.1, 0.15) is 10.4 Å². The highest BCUT2D eigenvalue weighted by Crippen LogP contribution is 2.10. The van der Waals surface area contributed by atoms with Crippen LogP contribution in [0.3, 0.4) is 0 Å². The molecule has 0 bridgehead atoms. The van der Waals surface area contributed by atoms with E-state index < -0.39 is 0 Å². The second-order valence-electron chi connectivity index (χ2n) is 3.06. The van der Waals surface area contributed by atoms with Gasteiger partial charge in [-0.05, 0) is 24.3 Å². The molecule has 5 heteroatoms. The van der Waals surface area contributed by atoms with Crippen LogP contribution < -0.4 is 0 Å². The zero-order chi connectivity index (χ0) is 10.7. The molecule has 1 heterocycles. The first-order valence-electron chi connectivity index (χ1n) is 4.37. The Morgan fingerprint density at radius 2 is 1.80 bits per heavy atom. The summed E-state index contributed by atoms with van der Waals surface area (Å²) in [5.41, 5.74) is 0.633. The maximum Gasteiger partial charge on any atom is 0.182 e. The van der Waals surface area contributed by atoms with E-state index in [0.29, 0.717) is 10.6 Å². The highest BCUT2D eigenvalue weighted by atomic mass is 35.5. The van der Waals surface area contributed by atoms with Crippen molar-refractivity contribution in [1.29, 1.82) is 0 Å². The lowest BCUT2D eigenvalue weighted by atomic mass is 10.1. The second kappa shape index (κ2) is 4.23. The predicted molar refractivity (Wildman–Crippen MR) is 55.8 cm³/mol. The molecule has 0 spiro atoms. The fourth-order valence-corrected chi connectivity index (χ4v) is 1.32. The second-order valence-corrected chi connectivity index (χ2v) is 3.50. The third-order valence-corrected chi connectivity index (χ3v) is 2.21. The van der Waals surface area contributed by atoms with Gasteiger partial charge in [0, 0.05) is 10.6 Å². The lowest BCUT2D eigenvalue weighted by molar-refractivity contribution is 0.0972. The largest absolute Gasteiger partial charge is 0.312 e. The van der Waals surface area contributed by atoms with Crippen LogP contribution in [0.5, 0.6) is 0 Å². The number of carbonyl (C=O) groups is 1. The van der Waals surface area contributed by atoms with Crippen molar-refractivity contribution < 1.29 is 4.79 Å². The molecule has 0 unspecified atom stereocenters. The summed E-state index contributed by atoms with van der Waals surface area (Å²) in [6.45, 7) is 0.245. The van der Waals surface area contributed by atoms with E-state index >= 15 is 0 Å². The van der Waals surface area contributed by atoms with Crippen LogP contribution in [0.4, 0.5) is 0 Å². The molecule has 0 amide bonds. The van der Waals surface area contributed by atoms with Crippen LogP contribution in [0.2, 0.25) is 5.02 Å². The van der Waals surface area contributed by atoms with Crippen LogP contribution >= 0.6 is 11.6 Å². The Morgan fingerprint density at radius 1 is 1.20 bits per heavy atom. The molecule has 15 heavy (non-hydrogen) atoms. The van der Waals surface area contributed by atoms with Crippen molar-refractivity contribution in [3.8, 4) is 0 Å².